The second kappa shape index (κ2) is 3.78. The van der Waals surface area contributed by atoms with E-state index in [-0.39, 0.29) is 0 Å². The Morgan fingerprint density at radius 1 is 1.60 bits per heavy atom. The first-order valence-electron chi connectivity index (χ1n) is 6.04. The van der Waals surface area contributed by atoms with E-state index >= 15 is 0 Å². The summed E-state index contributed by atoms with van der Waals surface area (Å²) in [5.74, 6) is 0.223. The Bertz CT molecular complexity index is 262. The van der Waals surface area contributed by atoms with Gasteiger partial charge < -0.3 is 5.11 Å². The highest BCUT2D eigenvalue weighted by molar-refractivity contribution is 5.78. The second-order valence-corrected chi connectivity index (χ2v) is 5.40. The average Bonchev–Trinajstić information content (AvgIpc) is 2.87. The molecule has 2 fully saturated rings. The normalized spacial score (nSPS) is 34.3. The van der Waals surface area contributed by atoms with Crippen LogP contribution >= 0.6 is 0 Å². The van der Waals surface area contributed by atoms with Crippen LogP contribution in [0.15, 0.2) is 0 Å². The fourth-order valence-corrected chi connectivity index (χ4v) is 2.88. The Hall–Kier alpha value is -0.570. The summed E-state index contributed by atoms with van der Waals surface area (Å²) in [4.78, 5) is 13.5. The monoisotopic (exact) mass is 211 g/mol. The minimum atomic E-state index is -0.650. The molecule has 15 heavy (non-hydrogen) atoms. The van der Waals surface area contributed by atoms with Gasteiger partial charge in [0.15, 0.2) is 0 Å². The summed E-state index contributed by atoms with van der Waals surface area (Å²) in [5, 5.41) is 9.30. The van der Waals surface area contributed by atoms with Gasteiger partial charge in [0.25, 0.3) is 0 Å². The van der Waals surface area contributed by atoms with E-state index < -0.39 is 11.5 Å². The van der Waals surface area contributed by atoms with Gasteiger partial charge in [-0.15, -0.1) is 0 Å². The predicted molar refractivity (Wildman–Crippen MR) is 58.8 cm³/mol. The van der Waals surface area contributed by atoms with E-state index in [1.165, 1.54) is 19.3 Å². The van der Waals surface area contributed by atoms with E-state index in [1.54, 1.807) is 0 Å². The first-order chi connectivity index (χ1) is 7.04. The van der Waals surface area contributed by atoms with Crippen LogP contribution in [-0.4, -0.2) is 34.1 Å². The molecule has 0 bridgehead atoms. The smallest absolute Gasteiger partial charge is 0.323 e. The van der Waals surface area contributed by atoms with Crippen molar-refractivity contribution in [1.82, 2.24) is 4.90 Å². The largest absolute Gasteiger partial charge is 0.480 e. The molecule has 2 atom stereocenters. The lowest BCUT2D eigenvalue weighted by Crippen LogP contribution is -2.51. The van der Waals surface area contributed by atoms with Gasteiger partial charge in [-0.05, 0) is 45.6 Å². The maximum atomic E-state index is 11.3. The van der Waals surface area contributed by atoms with Crippen LogP contribution in [0.5, 0.6) is 0 Å². The van der Waals surface area contributed by atoms with E-state index in [9.17, 15) is 9.90 Å². The second-order valence-electron chi connectivity index (χ2n) is 5.40. The van der Waals surface area contributed by atoms with Crippen molar-refractivity contribution in [2.75, 3.05) is 6.54 Å². The summed E-state index contributed by atoms with van der Waals surface area (Å²) in [7, 11) is 0. The molecular formula is C12H21NO2. The first-order valence-corrected chi connectivity index (χ1v) is 6.04. The van der Waals surface area contributed by atoms with Crippen molar-refractivity contribution < 1.29 is 9.90 Å². The van der Waals surface area contributed by atoms with Crippen molar-refractivity contribution in [3.8, 4) is 0 Å². The van der Waals surface area contributed by atoms with E-state index in [0.29, 0.717) is 6.04 Å². The van der Waals surface area contributed by atoms with Gasteiger partial charge in [-0.25, -0.2) is 0 Å². The van der Waals surface area contributed by atoms with Crippen LogP contribution in [0.4, 0.5) is 0 Å². The molecule has 1 saturated carbocycles. The molecule has 2 unspecified atom stereocenters. The molecule has 1 aliphatic carbocycles. The Balaban J connectivity index is 2.02. The van der Waals surface area contributed by atoms with Crippen molar-refractivity contribution >= 4 is 5.97 Å². The number of hydrogen-bond acceptors (Lipinski definition) is 2. The third kappa shape index (κ3) is 2.03. The molecule has 1 N–H and O–H groups in total. The molecule has 0 radical (unpaired) electrons. The minimum Gasteiger partial charge on any atom is -0.480 e. The van der Waals surface area contributed by atoms with Crippen molar-refractivity contribution in [2.45, 2.75) is 57.5 Å². The summed E-state index contributed by atoms with van der Waals surface area (Å²) in [5.41, 5.74) is -0.603. The van der Waals surface area contributed by atoms with Gasteiger partial charge in [0.05, 0.1) is 0 Å². The molecule has 1 aliphatic heterocycles. The zero-order valence-corrected chi connectivity index (χ0v) is 9.70. The van der Waals surface area contributed by atoms with Crippen LogP contribution in [0, 0.1) is 5.92 Å². The lowest BCUT2D eigenvalue weighted by Gasteiger charge is -2.36. The minimum absolute atomic E-state index is 0.432. The van der Waals surface area contributed by atoms with Crippen LogP contribution < -0.4 is 0 Å². The third-order valence-electron chi connectivity index (χ3n) is 4.06. The van der Waals surface area contributed by atoms with Crippen LogP contribution in [0.2, 0.25) is 0 Å². The fraction of sp³-hybridized carbons (Fsp3) is 0.917. The molecular weight excluding hydrogens is 190 g/mol. The first kappa shape index (κ1) is 10.9. The fourth-order valence-electron chi connectivity index (χ4n) is 2.88. The molecule has 86 valence electrons. The highest BCUT2D eigenvalue weighted by Gasteiger charge is 2.45. The molecule has 2 aliphatic rings. The summed E-state index contributed by atoms with van der Waals surface area (Å²) in [6, 6.07) is 0.432. The van der Waals surface area contributed by atoms with Crippen LogP contribution in [0.3, 0.4) is 0 Å². The molecule has 0 spiro atoms. The zero-order chi connectivity index (χ0) is 11.1. The topological polar surface area (TPSA) is 40.5 Å². The summed E-state index contributed by atoms with van der Waals surface area (Å²) in [6.45, 7) is 5.02. The number of hydrogen-bond donors (Lipinski definition) is 1. The van der Waals surface area contributed by atoms with Crippen LogP contribution in [-0.2, 0) is 4.79 Å². The van der Waals surface area contributed by atoms with Crippen molar-refractivity contribution in [2.24, 2.45) is 5.92 Å². The van der Waals surface area contributed by atoms with Crippen molar-refractivity contribution in [3.63, 3.8) is 0 Å². The SMILES string of the molecule is CC(CC1CC1)N1CCCC1(C)C(=O)O. The molecule has 0 amide bonds. The molecule has 3 heteroatoms. The van der Waals surface area contributed by atoms with Crippen molar-refractivity contribution in [3.05, 3.63) is 0 Å². The van der Waals surface area contributed by atoms with Crippen LogP contribution in [0.1, 0.15) is 46.0 Å². The Kier molecular flexibility index (Phi) is 2.75. The number of aliphatic carboxylic acids is 1. The predicted octanol–water partition coefficient (Wildman–Crippen LogP) is 2.11. The van der Waals surface area contributed by atoms with E-state index in [4.69, 9.17) is 0 Å². The van der Waals surface area contributed by atoms with E-state index in [2.05, 4.69) is 11.8 Å². The van der Waals surface area contributed by atoms with Crippen LogP contribution in [0.25, 0.3) is 0 Å². The molecule has 2 rings (SSSR count). The lowest BCUT2D eigenvalue weighted by atomic mass is 9.97. The summed E-state index contributed by atoms with van der Waals surface area (Å²) < 4.78 is 0. The number of nitrogens with zero attached hydrogens (tertiary/aromatic N) is 1. The third-order valence-corrected chi connectivity index (χ3v) is 4.06. The maximum absolute atomic E-state index is 11.3. The standard InChI is InChI=1S/C12H21NO2/c1-9(8-10-4-5-10)13-7-3-6-12(13,2)11(14)15/h9-10H,3-8H2,1-2H3,(H,14,15). The van der Waals surface area contributed by atoms with Gasteiger partial charge in [-0.1, -0.05) is 12.8 Å². The number of likely N-dealkylation sites (tertiary alicyclic amines) is 1. The molecule has 1 heterocycles. The van der Waals surface area contributed by atoms with E-state index in [0.717, 1.165) is 25.3 Å². The molecule has 0 aromatic rings. The zero-order valence-electron chi connectivity index (χ0n) is 9.70. The van der Waals surface area contributed by atoms with Crippen molar-refractivity contribution in [1.29, 1.82) is 0 Å². The highest BCUT2D eigenvalue weighted by atomic mass is 16.4. The maximum Gasteiger partial charge on any atom is 0.323 e. The molecule has 1 saturated heterocycles. The average molecular weight is 211 g/mol. The summed E-state index contributed by atoms with van der Waals surface area (Å²) >= 11 is 0. The van der Waals surface area contributed by atoms with Gasteiger partial charge in [0.2, 0.25) is 0 Å². The number of carbonyl (C=O) groups is 1. The van der Waals surface area contributed by atoms with Gasteiger partial charge in [0, 0.05) is 6.04 Å². The Morgan fingerprint density at radius 3 is 2.80 bits per heavy atom. The number of carboxylic acid groups (broad SMARTS) is 1. The highest BCUT2D eigenvalue weighted by Crippen LogP contribution is 2.38. The Labute approximate surface area is 91.5 Å². The number of rotatable bonds is 4. The van der Waals surface area contributed by atoms with Gasteiger partial charge in [-0.3, -0.25) is 9.69 Å². The summed E-state index contributed by atoms with van der Waals surface area (Å²) in [6.07, 6.45) is 5.71. The van der Waals surface area contributed by atoms with Gasteiger partial charge in [-0.2, -0.15) is 0 Å². The molecule has 0 aromatic carbocycles. The van der Waals surface area contributed by atoms with Gasteiger partial charge >= 0.3 is 5.97 Å². The quantitative estimate of drug-likeness (QED) is 0.774. The Morgan fingerprint density at radius 2 is 2.27 bits per heavy atom. The number of carboxylic acids is 1. The molecule has 3 nitrogen and oxygen atoms in total. The van der Waals surface area contributed by atoms with E-state index in [1.807, 2.05) is 6.92 Å². The van der Waals surface area contributed by atoms with Gasteiger partial charge in [0.1, 0.15) is 5.54 Å². The lowest BCUT2D eigenvalue weighted by molar-refractivity contribution is -0.149. The molecule has 0 aromatic heterocycles.